The Kier molecular flexibility index (Phi) is 3.77. The summed E-state index contributed by atoms with van der Waals surface area (Å²) >= 11 is 0. The van der Waals surface area contributed by atoms with Gasteiger partial charge in [-0.15, -0.1) is 0 Å². The Bertz CT molecular complexity index is 722. The number of para-hydroxylation sites is 1. The maximum absolute atomic E-state index is 12.8. The summed E-state index contributed by atoms with van der Waals surface area (Å²) in [6.07, 6.45) is 3.05. The van der Waals surface area contributed by atoms with E-state index in [1.54, 1.807) is 4.90 Å². The van der Waals surface area contributed by atoms with E-state index in [-0.39, 0.29) is 18.0 Å². The topological polar surface area (TPSA) is 53.2 Å². The maximum Gasteiger partial charge on any atom is 0.295 e. The second-order valence-corrected chi connectivity index (χ2v) is 6.34. The Balaban J connectivity index is 1.98. The standard InChI is InChI=1S/C18H22N2O2/c1-11-7-6-8-12(2)20(11)18(22)17(21)16-13(3)19-15-10-5-4-9-14(15)16/h4-5,9-12,19H,6-8H2,1-3H3/t11-,12+. The SMILES string of the molecule is Cc1[nH]c2ccccc2c1C(=O)C(=O)N1[C@H](C)CCC[C@@H]1C. The monoisotopic (exact) mass is 298 g/mol. The predicted octanol–water partition coefficient (Wildman–Crippen LogP) is 3.45. The number of hydrogen-bond donors (Lipinski definition) is 1. The van der Waals surface area contributed by atoms with Crippen molar-refractivity contribution in [2.75, 3.05) is 0 Å². The van der Waals surface area contributed by atoms with Gasteiger partial charge in [-0.25, -0.2) is 0 Å². The molecule has 0 aliphatic carbocycles. The molecule has 0 radical (unpaired) electrons. The minimum absolute atomic E-state index is 0.130. The van der Waals surface area contributed by atoms with Gasteiger partial charge in [0.1, 0.15) is 0 Å². The van der Waals surface area contributed by atoms with Crippen LogP contribution in [0.2, 0.25) is 0 Å². The number of ketones is 1. The molecule has 4 heteroatoms. The first-order valence-electron chi connectivity index (χ1n) is 7.95. The number of nitrogens with zero attached hydrogens (tertiary/aromatic N) is 1. The van der Waals surface area contributed by atoms with Crippen LogP contribution in [0.5, 0.6) is 0 Å². The van der Waals surface area contributed by atoms with Crippen molar-refractivity contribution in [2.45, 2.75) is 52.1 Å². The summed E-state index contributed by atoms with van der Waals surface area (Å²) in [6, 6.07) is 7.89. The van der Waals surface area contributed by atoms with E-state index in [2.05, 4.69) is 4.98 Å². The maximum atomic E-state index is 12.8. The van der Waals surface area contributed by atoms with Crippen LogP contribution in [0.15, 0.2) is 24.3 Å². The van der Waals surface area contributed by atoms with E-state index >= 15 is 0 Å². The lowest BCUT2D eigenvalue weighted by molar-refractivity contribution is -0.132. The molecule has 0 spiro atoms. The number of carbonyl (C=O) groups is 2. The number of aromatic nitrogens is 1. The summed E-state index contributed by atoms with van der Waals surface area (Å²) in [5.74, 6) is -0.761. The second kappa shape index (κ2) is 5.59. The minimum Gasteiger partial charge on any atom is -0.358 e. The number of carbonyl (C=O) groups excluding carboxylic acids is 2. The zero-order valence-electron chi connectivity index (χ0n) is 13.3. The number of nitrogens with one attached hydrogen (secondary N) is 1. The smallest absolute Gasteiger partial charge is 0.295 e. The predicted molar refractivity (Wildman–Crippen MR) is 87.0 cm³/mol. The number of H-pyrrole nitrogens is 1. The molecule has 116 valence electrons. The zero-order chi connectivity index (χ0) is 15.9. The first-order chi connectivity index (χ1) is 10.5. The van der Waals surface area contributed by atoms with Crippen LogP contribution in [-0.4, -0.2) is 33.7 Å². The number of fused-ring (bicyclic) bond motifs is 1. The van der Waals surface area contributed by atoms with Crippen molar-refractivity contribution in [3.63, 3.8) is 0 Å². The number of benzene rings is 1. The van der Waals surface area contributed by atoms with Gasteiger partial charge in [0.15, 0.2) is 0 Å². The Morgan fingerprint density at radius 3 is 2.45 bits per heavy atom. The van der Waals surface area contributed by atoms with Crippen molar-refractivity contribution in [1.82, 2.24) is 9.88 Å². The van der Waals surface area contributed by atoms with Crippen LogP contribution >= 0.6 is 0 Å². The number of aromatic amines is 1. The molecular formula is C18H22N2O2. The molecule has 1 aliphatic heterocycles. The van der Waals surface area contributed by atoms with Gasteiger partial charge in [-0.05, 0) is 46.1 Å². The first kappa shape index (κ1) is 14.8. The van der Waals surface area contributed by atoms with Crippen molar-refractivity contribution in [3.8, 4) is 0 Å². The van der Waals surface area contributed by atoms with Crippen LogP contribution < -0.4 is 0 Å². The van der Waals surface area contributed by atoms with Crippen LogP contribution in [0, 0.1) is 6.92 Å². The number of piperidine rings is 1. The van der Waals surface area contributed by atoms with Gasteiger partial charge >= 0.3 is 0 Å². The molecular weight excluding hydrogens is 276 g/mol. The number of amides is 1. The zero-order valence-corrected chi connectivity index (χ0v) is 13.3. The van der Waals surface area contributed by atoms with Crippen LogP contribution in [0.3, 0.4) is 0 Å². The van der Waals surface area contributed by atoms with E-state index in [4.69, 9.17) is 0 Å². The molecule has 0 bridgehead atoms. The molecule has 1 saturated heterocycles. The summed E-state index contributed by atoms with van der Waals surface area (Å²) in [5.41, 5.74) is 2.18. The Morgan fingerprint density at radius 1 is 1.14 bits per heavy atom. The van der Waals surface area contributed by atoms with Crippen molar-refractivity contribution in [1.29, 1.82) is 0 Å². The number of Topliss-reactive ketones (excluding diaryl/α,β-unsaturated/α-hetero) is 1. The molecule has 3 rings (SSSR count). The highest BCUT2D eigenvalue weighted by molar-refractivity contribution is 6.45. The molecule has 0 saturated carbocycles. The fraction of sp³-hybridized carbons (Fsp3) is 0.444. The van der Waals surface area contributed by atoms with E-state index < -0.39 is 5.78 Å². The first-order valence-corrected chi connectivity index (χ1v) is 7.95. The number of aryl methyl sites for hydroxylation is 1. The molecule has 1 aromatic carbocycles. The van der Waals surface area contributed by atoms with Gasteiger partial charge in [-0.1, -0.05) is 18.2 Å². The van der Waals surface area contributed by atoms with E-state index in [9.17, 15) is 9.59 Å². The molecule has 2 atom stereocenters. The van der Waals surface area contributed by atoms with Crippen LogP contribution in [0.1, 0.15) is 49.2 Å². The lowest BCUT2D eigenvalue weighted by atomic mass is 9.95. The third-order valence-corrected chi connectivity index (χ3v) is 4.74. The molecule has 22 heavy (non-hydrogen) atoms. The Morgan fingerprint density at radius 2 is 1.77 bits per heavy atom. The quantitative estimate of drug-likeness (QED) is 0.682. The van der Waals surface area contributed by atoms with Gasteiger partial charge in [0.2, 0.25) is 0 Å². The molecule has 1 fully saturated rings. The Hall–Kier alpha value is -2.10. The summed E-state index contributed by atoms with van der Waals surface area (Å²) in [5, 5.41) is 0.829. The van der Waals surface area contributed by atoms with Crippen LogP contribution in [0.25, 0.3) is 10.9 Å². The number of rotatable bonds is 2. The van der Waals surface area contributed by atoms with Crippen molar-refractivity contribution < 1.29 is 9.59 Å². The van der Waals surface area contributed by atoms with E-state index in [1.165, 1.54) is 0 Å². The summed E-state index contributed by atoms with van der Waals surface area (Å²) in [6.45, 7) is 5.91. The number of likely N-dealkylation sites (tertiary alicyclic amines) is 1. The lowest BCUT2D eigenvalue weighted by Gasteiger charge is -2.38. The lowest BCUT2D eigenvalue weighted by Crippen LogP contribution is -2.50. The van der Waals surface area contributed by atoms with Crippen molar-refractivity contribution in [2.24, 2.45) is 0 Å². The van der Waals surface area contributed by atoms with Crippen LogP contribution in [-0.2, 0) is 4.79 Å². The van der Waals surface area contributed by atoms with Gasteiger partial charge in [0, 0.05) is 28.7 Å². The fourth-order valence-electron chi connectivity index (χ4n) is 3.62. The summed E-state index contributed by atoms with van der Waals surface area (Å²) in [7, 11) is 0. The molecule has 2 heterocycles. The van der Waals surface area contributed by atoms with Gasteiger partial charge in [0.25, 0.3) is 11.7 Å². The summed E-state index contributed by atoms with van der Waals surface area (Å²) < 4.78 is 0. The third-order valence-electron chi connectivity index (χ3n) is 4.74. The fourth-order valence-corrected chi connectivity index (χ4v) is 3.62. The molecule has 1 aromatic heterocycles. The van der Waals surface area contributed by atoms with Gasteiger partial charge < -0.3 is 9.88 Å². The van der Waals surface area contributed by atoms with E-state index in [1.807, 2.05) is 45.0 Å². The number of hydrogen-bond acceptors (Lipinski definition) is 2. The van der Waals surface area contributed by atoms with E-state index in [0.717, 1.165) is 35.9 Å². The molecule has 0 unspecified atom stereocenters. The summed E-state index contributed by atoms with van der Waals surface area (Å²) in [4.78, 5) is 30.6. The van der Waals surface area contributed by atoms with Crippen LogP contribution in [0.4, 0.5) is 0 Å². The molecule has 2 aromatic rings. The average Bonchev–Trinajstić information content (AvgIpc) is 2.82. The molecule has 1 amide bonds. The average molecular weight is 298 g/mol. The highest BCUT2D eigenvalue weighted by Gasteiger charge is 2.34. The van der Waals surface area contributed by atoms with E-state index in [0.29, 0.717) is 5.56 Å². The van der Waals surface area contributed by atoms with Crippen molar-refractivity contribution >= 4 is 22.6 Å². The van der Waals surface area contributed by atoms with Gasteiger partial charge in [0.05, 0.1) is 5.56 Å². The minimum atomic E-state index is -0.393. The third kappa shape index (κ3) is 2.32. The molecule has 4 nitrogen and oxygen atoms in total. The normalized spacial score (nSPS) is 22.0. The Labute approximate surface area is 130 Å². The largest absolute Gasteiger partial charge is 0.358 e. The van der Waals surface area contributed by atoms with Gasteiger partial charge in [-0.2, -0.15) is 0 Å². The molecule has 1 aliphatic rings. The second-order valence-electron chi connectivity index (χ2n) is 6.34. The molecule has 1 N–H and O–H groups in total. The van der Waals surface area contributed by atoms with Crippen molar-refractivity contribution in [3.05, 3.63) is 35.5 Å². The highest BCUT2D eigenvalue weighted by Crippen LogP contribution is 2.26. The van der Waals surface area contributed by atoms with Gasteiger partial charge in [-0.3, -0.25) is 9.59 Å². The highest BCUT2D eigenvalue weighted by atomic mass is 16.2.